The molecular formula is C22H26ClN5O3. The van der Waals surface area contributed by atoms with Crippen molar-refractivity contribution in [1.29, 1.82) is 0 Å². The third kappa shape index (κ3) is 5.28. The minimum absolute atomic E-state index is 0.0831. The van der Waals surface area contributed by atoms with E-state index < -0.39 is 0 Å². The lowest BCUT2D eigenvalue weighted by Crippen LogP contribution is -2.48. The van der Waals surface area contributed by atoms with E-state index in [1.54, 1.807) is 32.4 Å². The molecule has 2 N–H and O–H groups in total. The number of fused-ring (bicyclic) bond motifs is 1. The monoisotopic (exact) mass is 443 g/mol. The van der Waals surface area contributed by atoms with Gasteiger partial charge in [0.25, 0.3) is 0 Å². The predicted molar refractivity (Wildman–Crippen MR) is 121 cm³/mol. The highest BCUT2D eigenvalue weighted by Gasteiger charge is 2.20. The average molecular weight is 444 g/mol. The highest BCUT2D eigenvalue weighted by Crippen LogP contribution is 2.27. The number of anilines is 1. The first-order valence-electron chi connectivity index (χ1n) is 10.1. The number of nitrogens with one attached hydrogen (secondary N) is 2. The summed E-state index contributed by atoms with van der Waals surface area (Å²) in [6.07, 6.45) is 0. The van der Waals surface area contributed by atoms with Crippen molar-refractivity contribution >= 4 is 34.2 Å². The molecule has 4 rings (SSSR count). The van der Waals surface area contributed by atoms with E-state index >= 15 is 0 Å². The first kappa shape index (κ1) is 21.4. The Morgan fingerprint density at radius 3 is 2.61 bits per heavy atom. The molecular weight excluding hydrogens is 418 g/mol. The second-order valence-corrected chi connectivity index (χ2v) is 7.95. The molecule has 1 aromatic heterocycles. The van der Waals surface area contributed by atoms with Crippen LogP contribution in [0.15, 0.2) is 36.4 Å². The van der Waals surface area contributed by atoms with Gasteiger partial charge in [0.1, 0.15) is 17.3 Å². The minimum Gasteiger partial charge on any atom is -0.497 e. The molecule has 2 heterocycles. The lowest BCUT2D eigenvalue weighted by Gasteiger charge is -2.33. The topological polar surface area (TPSA) is 82.7 Å². The summed E-state index contributed by atoms with van der Waals surface area (Å²) in [6.45, 7) is 4.44. The molecule has 164 valence electrons. The van der Waals surface area contributed by atoms with Crippen LogP contribution in [0.5, 0.6) is 11.5 Å². The zero-order valence-corrected chi connectivity index (χ0v) is 18.4. The van der Waals surface area contributed by atoms with Crippen LogP contribution in [0.1, 0.15) is 5.82 Å². The van der Waals surface area contributed by atoms with Crippen molar-refractivity contribution in [1.82, 2.24) is 19.8 Å². The number of carbonyl (C=O) groups is 1. The first-order chi connectivity index (χ1) is 15.0. The van der Waals surface area contributed by atoms with E-state index in [1.807, 2.05) is 18.2 Å². The molecule has 1 aliphatic heterocycles. The maximum absolute atomic E-state index is 12.5. The zero-order chi connectivity index (χ0) is 21.8. The fourth-order valence-corrected chi connectivity index (χ4v) is 3.90. The summed E-state index contributed by atoms with van der Waals surface area (Å²) >= 11 is 6.04. The molecule has 0 radical (unpaired) electrons. The van der Waals surface area contributed by atoms with Gasteiger partial charge < -0.3 is 19.8 Å². The smallest absolute Gasteiger partial charge is 0.238 e. The van der Waals surface area contributed by atoms with Crippen molar-refractivity contribution in [2.24, 2.45) is 0 Å². The normalized spacial score (nSPS) is 15.2. The van der Waals surface area contributed by atoms with Gasteiger partial charge in [-0.2, -0.15) is 0 Å². The van der Waals surface area contributed by atoms with Crippen molar-refractivity contribution < 1.29 is 14.3 Å². The van der Waals surface area contributed by atoms with Crippen molar-refractivity contribution in [2.75, 3.05) is 52.3 Å². The third-order valence-corrected chi connectivity index (χ3v) is 5.61. The number of rotatable bonds is 7. The molecule has 1 aliphatic rings. The van der Waals surface area contributed by atoms with E-state index in [0.29, 0.717) is 23.0 Å². The summed E-state index contributed by atoms with van der Waals surface area (Å²) in [6, 6.07) is 11.0. The van der Waals surface area contributed by atoms with Crippen LogP contribution in [0.25, 0.3) is 11.0 Å². The summed E-state index contributed by atoms with van der Waals surface area (Å²) in [5.41, 5.74) is 2.49. The van der Waals surface area contributed by atoms with Crippen LogP contribution in [0, 0.1) is 0 Å². The second kappa shape index (κ2) is 9.55. The number of aromatic nitrogens is 2. The number of imidazole rings is 1. The van der Waals surface area contributed by atoms with Gasteiger partial charge in [0.05, 0.1) is 44.0 Å². The van der Waals surface area contributed by atoms with Gasteiger partial charge in [-0.25, -0.2) is 4.98 Å². The van der Waals surface area contributed by atoms with Crippen LogP contribution in [0.2, 0.25) is 5.02 Å². The maximum Gasteiger partial charge on any atom is 0.238 e. The highest BCUT2D eigenvalue weighted by atomic mass is 35.5. The summed E-state index contributed by atoms with van der Waals surface area (Å²) < 4.78 is 10.6. The molecule has 31 heavy (non-hydrogen) atoms. The highest BCUT2D eigenvalue weighted by molar-refractivity contribution is 6.31. The van der Waals surface area contributed by atoms with Crippen LogP contribution >= 0.6 is 11.6 Å². The Kier molecular flexibility index (Phi) is 6.60. The Hall–Kier alpha value is -2.81. The van der Waals surface area contributed by atoms with Crippen molar-refractivity contribution in [3.8, 4) is 11.5 Å². The van der Waals surface area contributed by atoms with Gasteiger partial charge in [-0.15, -0.1) is 0 Å². The van der Waals surface area contributed by atoms with Gasteiger partial charge in [0, 0.05) is 37.3 Å². The molecule has 1 saturated heterocycles. The molecule has 3 aromatic rings. The summed E-state index contributed by atoms with van der Waals surface area (Å²) in [4.78, 5) is 25.0. The van der Waals surface area contributed by atoms with Crippen molar-refractivity contribution in [2.45, 2.75) is 6.54 Å². The Morgan fingerprint density at radius 2 is 1.87 bits per heavy atom. The largest absolute Gasteiger partial charge is 0.497 e. The van der Waals surface area contributed by atoms with Crippen LogP contribution in [0.4, 0.5) is 5.69 Å². The second-order valence-electron chi connectivity index (χ2n) is 7.51. The standard InChI is InChI=1S/C22H26ClN5O3/c1-30-16-4-5-17-18(12-16)25-21(24-17)13-27-7-9-28(10-8-27)14-22(29)26-19-11-15(23)3-6-20(19)31-2/h3-6,11-12H,7-10,13-14H2,1-2H3,(H,24,25)(H,26,29). The van der Waals surface area contributed by atoms with E-state index in [-0.39, 0.29) is 5.91 Å². The van der Waals surface area contributed by atoms with Crippen LogP contribution in [-0.2, 0) is 11.3 Å². The number of ether oxygens (including phenoxy) is 2. The molecule has 0 saturated carbocycles. The first-order valence-corrected chi connectivity index (χ1v) is 10.5. The van der Waals surface area contributed by atoms with Crippen molar-refractivity contribution in [3.63, 3.8) is 0 Å². The number of H-pyrrole nitrogens is 1. The van der Waals surface area contributed by atoms with Gasteiger partial charge in [-0.05, 0) is 30.3 Å². The molecule has 0 unspecified atom stereocenters. The van der Waals surface area contributed by atoms with Gasteiger partial charge >= 0.3 is 0 Å². The zero-order valence-electron chi connectivity index (χ0n) is 17.7. The van der Waals surface area contributed by atoms with E-state index in [4.69, 9.17) is 21.1 Å². The number of nitrogens with zero attached hydrogens (tertiary/aromatic N) is 3. The summed E-state index contributed by atoms with van der Waals surface area (Å²) in [5.74, 6) is 2.25. The number of aromatic amines is 1. The van der Waals surface area contributed by atoms with E-state index in [9.17, 15) is 4.79 Å². The van der Waals surface area contributed by atoms with Gasteiger partial charge in [-0.1, -0.05) is 11.6 Å². The van der Waals surface area contributed by atoms with Crippen LogP contribution in [-0.4, -0.2) is 72.6 Å². The SMILES string of the molecule is COc1ccc2nc(CN3CCN(CC(=O)Nc4cc(Cl)ccc4OC)CC3)[nH]c2c1. The number of hydrogen-bond donors (Lipinski definition) is 2. The number of methoxy groups -OCH3 is 2. The molecule has 9 heteroatoms. The van der Waals surface area contributed by atoms with Crippen LogP contribution < -0.4 is 14.8 Å². The van der Waals surface area contributed by atoms with E-state index in [2.05, 4.69) is 25.1 Å². The Bertz CT molecular complexity index is 1060. The minimum atomic E-state index is -0.0831. The average Bonchev–Trinajstić information content (AvgIpc) is 3.16. The Labute approximate surface area is 186 Å². The quantitative estimate of drug-likeness (QED) is 0.584. The fraction of sp³-hybridized carbons (Fsp3) is 0.364. The Morgan fingerprint density at radius 1 is 1.10 bits per heavy atom. The number of amides is 1. The fourth-order valence-electron chi connectivity index (χ4n) is 3.73. The Balaban J connectivity index is 1.28. The van der Waals surface area contributed by atoms with E-state index in [0.717, 1.165) is 55.3 Å². The molecule has 0 spiro atoms. The lowest BCUT2D eigenvalue weighted by molar-refractivity contribution is -0.117. The predicted octanol–water partition coefficient (Wildman–Crippen LogP) is 2.99. The van der Waals surface area contributed by atoms with E-state index in [1.165, 1.54) is 0 Å². The molecule has 1 fully saturated rings. The van der Waals surface area contributed by atoms with Gasteiger partial charge in [0.2, 0.25) is 5.91 Å². The molecule has 0 aliphatic carbocycles. The number of carbonyl (C=O) groups excluding carboxylic acids is 1. The third-order valence-electron chi connectivity index (χ3n) is 5.38. The molecule has 0 atom stereocenters. The molecule has 1 amide bonds. The number of halogens is 1. The number of hydrogen-bond acceptors (Lipinski definition) is 6. The van der Waals surface area contributed by atoms with Gasteiger partial charge in [0.15, 0.2) is 0 Å². The van der Waals surface area contributed by atoms with Crippen molar-refractivity contribution in [3.05, 3.63) is 47.2 Å². The van der Waals surface area contributed by atoms with Gasteiger partial charge in [-0.3, -0.25) is 14.6 Å². The number of piperazine rings is 1. The number of benzene rings is 2. The molecule has 2 aromatic carbocycles. The summed E-state index contributed by atoms with van der Waals surface area (Å²) in [7, 11) is 3.22. The van der Waals surface area contributed by atoms with Crippen LogP contribution in [0.3, 0.4) is 0 Å². The maximum atomic E-state index is 12.5. The summed E-state index contributed by atoms with van der Waals surface area (Å²) in [5, 5.41) is 3.45. The molecule has 0 bridgehead atoms. The lowest BCUT2D eigenvalue weighted by atomic mass is 10.2. The molecule has 8 nitrogen and oxygen atoms in total.